The first-order chi connectivity index (χ1) is 13.4. The van der Waals surface area contributed by atoms with Crippen LogP contribution in [0.4, 0.5) is 0 Å². The molecule has 0 spiro atoms. The largest absolute Gasteiger partial charge is 0.334 e. The zero-order chi connectivity index (χ0) is 20.1. The maximum Gasteiger partial charge on any atom is 0.257 e. The van der Waals surface area contributed by atoms with Gasteiger partial charge in [-0.05, 0) is 31.2 Å². The average Bonchev–Trinajstić information content (AvgIpc) is 3.17. The van der Waals surface area contributed by atoms with E-state index in [1.807, 2.05) is 45.0 Å². The average molecular weight is 419 g/mol. The third kappa shape index (κ3) is 4.60. The molecule has 0 aliphatic rings. The van der Waals surface area contributed by atoms with Crippen LogP contribution in [0.2, 0.25) is 0 Å². The van der Waals surface area contributed by atoms with Crippen molar-refractivity contribution < 1.29 is 12.9 Å². The van der Waals surface area contributed by atoms with Crippen LogP contribution in [0.25, 0.3) is 11.5 Å². The number of rotatable bonds is 8. The van der Waals surface area contributed by atoms with Gasteiger partial charge in [0.05, 0.1) is 10.8 Å². The number of pyridine rings is 1. The summed E-state index contributed by atoms with van der Waals surface area (Å²) >= 11 is 1.42. The molecule has 0 saturated carbocycles. The quantitative estimate of drug-likeness (QED) is 0.515. The Morgan fingerprint density at radius 1 is 1.07 bits per heavy atom. The fourth-order valence-electron chi connectivity index (χ4n) is 2.58. The molecule has 0 unspecified atom stereocenters. The van der Waals surface area contributed by atoms with Crippen molar-refractivity contribution in [1.29, 1.82) is 0 Å². The number of thioether (sulfide) groups is 1. The van der Waals surface area contributed by atoms with Crippen LogP contribution in [0.5, 0.6) is 0 Å². The third-order valence-corrected chi connectivity index (χ3v) is 7.14. The van der Waals surface area contributed by atoms with E-state index < -0.39 is 10.0 Å². The Labute approximate surface area is 169 Å². The highest BCUT2D eigenvalue weighted by Crippen LogP contribution is 2.24. The molecule has 0 atom stereocenters. The molecule has 0 aliphatic carbocycles. The molecule has 148 valence electrons. The number of hydrogen-bond donors (Lipinski definition) is 0. The summed E-state index contributed by atoms with van der Waals surface area (Å²) in [6, 6.07) is 11.1. The van der Waals surface area contributed by atoms with Gasteiger partial charge in [-0.3, -0.25) is 0 Å². The van der Waals surface area contributed by atoms with E-state index in [1.54, 1.807) is 12.1 Å². The second-order valence-electron chi connectivity index (χ2n) is 6.09. The molecular formula is C19H22N4O3S2. The normalized spacial score (nSPS) is 11.9. The van der Waals surface area contributed by atoms with Crippen LogP contribution in [-0.2, 0) is 15.8 Å². The van der Waals surface area contributed by atoms with Gasteiger partial charge in [0.15, 0.2) is 5.82 Å². The van der Waals surface area contributed by atoms with Gasteiger partial charge < -0.3 is 4.52 Å². The van der Waals surface area contributed by atoms with Gasteiger partial charge in [-0.15, -0.1) is 0 Å². The number of sulfonamides is 1. The molecule has 7 nitrogen and oxygen atoms in total. The summed E-state index contributed by atoms with van der Waals surface area (Å²) in [5.41, 5.74) is 2.04. The van der Waals surface area contributed by atoms with Crippen LogP contribution < -0.4 is 0 Å². The topological polar surface area (TPSA) is 89.2 Å². The molecule has 0 bridgehead atoms. The minimum Gasteiger partial charge on any atom is -0.334 e. The lowest BCUT2D eigenvalue weighted by molar-refractivity contribution is 0.425. The van der Waals surface area contributed by atoms with Crippen molar-refractivity contribution in [2.24, 2.45) is 0 Å². The summed E-state index contributed by atoms with van der Waals surface area (Å²) in [5, 5.41) is 4.69. The first-order valence-electron chi connectivity index (χ1n) is 8.92. The molecule has 0 amide bonds. The van der Waals surface area contributed by atoms with Crippen LogP contribution in [0.15, 0.2) is 57.0 Å². The first kappa shape index (κ1) is 20.5. The van der Waals surface area contributed by atoms with Crippen molar-refractivity contribution in [1.82, 2.24) is 19.4 Å². The predicted molar refractivity (Wildman–Crippen MR) is 108 cm³/mol. The summed E-state index contributed by atoms with van der Waals surface area (Å²) in [7, 11) is -3.49. The van der Waals surface area contributed by atoms with Crippen molar-refractivity contribution in [2.75, 3.05) is 13.1 Å². The number of aromatic nitrogens is 3. The van der Waals surface area contributed by atoms with Crippen LogP contribution in [0, 0.1) is 6.92 Å². The minimum absolute atomic E-state index is 0.196. The Kier molecular flexibility index (Phi) is 6.48. The molecule has 3 aromatic rings. The van der Waals surface area contributed by atoms with E-state index in [0.29, 0.717) is 35.6 Å². The lowest BCUT2D eigenvalue weighted by Gasteiger charge is -2.18. The maximum absolute atomic E-state index is 12.5. The molecule has 0 aliphatic heterocycles. The zero-order valence-electron chi connectivity index (χ0n) is 16.0. The summed E-state index contributed by atoms with van der Waals surface area (Å²) in [6.07, 6.45) is 1.39. The number of benzene rings is 1. The molecule has 2 heterocycles. The zero-order valence-corrected chi connectivity index (χ0v) is 17.6. The fraction of sp³-hybridized carbons (Fsp3) is 0.316. The van der Waals surface area contributed by atoms with Gasteiger partial charge >= 0.3 is 0 Å². The summed E-state index contributed by atoms with van der Waals surface area (Å²) in [4.78, 5) is 8.85. The Morgan fingerprint density at radius 3 is 2.39 bits per heavy atom. The Bertz CT molecular complexity index is 1010. The molecule has 3 rings (SSSR count). The molecule has 0 saturated heterocycles. The minimum atomic E-state index is -3.49. The maximum atomic E-state index is 12.5. The molecule has 1 aromatic carbocycles. The van der Waals surface area contributed by atoms with Gasteiger partial charge in [0.1, 0.15) is 4.90 Å². The highest BCUT2D eigenvalue weighted by atomic mass is 32.2. The number of nitrogens with zero attached hydrogens (tertiary/aromatic N) is 4. The van der Waals surface area contributed by atoms with E-state index in [4.69, 9.17) is 4.52 Å². The molecular weight excluding hydrogens is 396 g/mol. The van der Waals surface area contributed by atoms with Crippen LogP contribution >= 0.6 is 11.8 Å². The first-order valence-corrected chi connectivity index (χ1v) is 11.3. The smallest absolute Gasteiger partial charge is 0.257 e. The van der Waals surface area contributed by atoms with Gasteiger partial charge in [0, 0.05) is 24.8 Å². The monoisotopic (exact) mass is 418 g/mol. The Hall–Kier alpha value is -2.23. The van der Waals surface area contributed by atoms with Crippen molar-refractivity contribution in [2.45, 2.75) is 36.4 Å². The van der Waals surface area contributed by atoms with Gasteiger partial charge in [0.2, 0.25) is 10.0 Å². The van der Waals surface area contributed by atoms with E-state index in [1.165, 1.54) is 22.3 Å². The third-order valence-electron chi connectivity index (χ3n) is 4.17. The van der Waals surface area contributed by atoms with Crippen molar-refractivity contribution in [3.05, 3.63) is 54.0 Å². The standard InChI is InChI=1S/C19H22N4O3S2/c1-4-23(5-2)28(24,25)16-10-11-18(20-12-16)27-13-17-21-19(26-22-17)15-8-6-14(3)7-9-15/h6-12H,4-5,13H2,1-3H3. The van der Waals surface area contributed by atoms with E-state index in [-0.39, 0.29) is 4.90 Å². The molecule has 2 aromatic heterocycles. The number of hydrogen-bond acceptors (Lipinski definition) is 7. The predicted octanol–water partition coefficient (Wildman–Crippen LogP) is 3.76. The van der Waals surface area contributed by atoms with E-state index in [9.17, 15) is 8.42 Å². The summed E-state index contributed by atoms with van der Waals surface area (Å²) in [6.45, 7) is 6.50. The van der Waals surface area contributed by atoms with Gasteiger partial charge in [0.25, 0.3) is 5.89 Å². The highest BCUT2D eigenvalue weighted by Gasteiger charge is 2.21. The highest BCUT2D eigenvalue weighted by molar-refractivity contribution is 7.98. The molecule has 0 radical (unpaired) electrons. The molecule has 0 fully saturated rings. The van der Waals surface area contributed by atoms with Gasteiger partial charge in [-0.2, -0.15) is 9.29 Å². The van der Waals surface area contributed by atoms with Crippen LogP contribution in [0.3, 0.4) is 0 Å². The van der Waals surface area contributed by atoms with Crippen molar-refractivity contribution >= 4 is 21.8 Å². The van der Waals surface area contributed by atoms with Gasteiger partial charge in [-0.25, -0.2) is 13.4 Å². The van der Waals surface area contributed by atoms with Gasteiger partial charge in [-0.1, -0.05) is 48.5 Å². The molecule has 0 N–H and O–H groups in total. The second kappa shape index (κ2) is 8.85. The van der Waals surface area contributed by atoms with E-state index >= 15 is 0 Å². The lowest BCUT2D eigenvalue weighted by Crippen LogP contribution is -2.30. The van der Waals surface area contributed by atoms with Crippen LogP contribution in [-0.4, -0.2) is 40.9 Å². The second-order valence-corrected chi connectivity index (χ2v) is 9.03. The Morgan fingerprint density at radius 2 is 1.79 bits per heavy atom. The molecule has 9 heteroatoms. The van der Waals surface area contributed by atoms with Crippen molar-refractivity contribution in [3.8, 4) is 11.5 Å². The Balaban J connectivity index is 1.65. The van der Waals surface area contributed by atoms with E-state index in [2.05, 4.69) is 15.1 Å². The summed E-state index contributed by atoms with van der Waals surface area (Å²) < 4.78 is 31.7. The van der Waals surface area contributed by atoms with Crippen molar-refractivity contribution in [3.63, 3.8) is 0 Å². The number of aryl methyl sites for hydroxylation is 1. The van der Waals surface area contributed by atoms with E-state index in [0.717, 1.165) is 11.1 Å². The SMILES string of the molecule is CCN(CC)S(=O)(=O)c1ccc(SCc2noc(-c3ccc(C)cc3)n2)nc1. The fourth-order valence-corrected chi connectivity index (χ4v) is 4.67. The summed E-state index contributed by atoms with van der Waals surface area (Å²) in [5.74, 6) is 1.51. The lowest BCUT2D eigenvalue weighted by atomic mass is 10.1. The van der Waals surface area contributed by atoms with Crippen LogP contribution in [0.1, 0.15) is 25.2 Å². The molecule has 28 heavy (non-hydrogen) atoms.